The van der Waals surface area contributed by atoms with E-state index < -0.39 is 55.6 Å². The second kappa shape index (κ2) is 15.5. The van der Waals surface area contributed by atoms with Gasteiger partial charge in [-0.1, -0.05) is 24.3 Å². The van der Waals surface area contributed by atoms with Gasteiger partial charge >= 0.3 is 35.6 Å². The first-order valence-corrected chi connectivity index (χ1v) is 15.9. The minimum absolute atomic E-state index is 0. The summed E-state index contributed by atoms with van der Waals surface area (Å²) in [7, 11) is -5.14. The summed E-state index contributed by atoms with van der Waals surface area (Å²) in [5.41, 5.74) is 8.79. The number of hydrazone groups is 1. The number of allylic oxidation sites excluding steroid dienone is 3. The summed E-state index contributed by atoms with van der Waals surface area (Å²) in [4.78, 5) is 61.2. The molecule has 0 atom stereocenters. The summed E-state index contributed by atoms with van der Waals surface area (Å²) in [5.74, 6) is -3.59. The molecular formula is C34H26N7NaO9S. The van der Waals surface area contributed by atoms with E-state index in [-0.39, 0.29) is 69.4 Å². The molecule has 0 aliphatic heterocycles. The number of nitrogen functional groups attached to an aromatic ring is 1. The zero-order valence-electron chi connectivity index (χ0n) is 27.3. The number of urea groups is 1. The number of carboxylic acids is 1. The van der Waals surface area contributed by atoms with E-state index in [0.29, 0.717) is 22.7 Å². The van der Waals surface area contributed by atoms with Gasteiger partial charge in [-0.15, -0.1) is 0 Å². The summed E-state index contributed by atoms with van der Waals surface area (Å²) < 4.78 is 36.2. The number of rotatable bonds is 8. The second-order valence-electron chi connectivity index (χ2n) is 10.8. The molecule has 0 fully saturated rings. The Labute approximate surface area is 317 Å². The number of amides is 2. The van der Waals surface area contributed by atoms with E-state index in [1.54, 1.807) is 36.4 Å². The maximum atomic E-state index is 13.5. The zero-order chi connectivity index (χ0) is 35.7. The molecule has 16 nitrogen and oxygen atoms in total. The van der Waals surface area contributed by atoms with Gasteiger partial charge in [0.15, 0.2) is 17.3 Å². The summed E-state index contributed by atoms with van der Waals surface area (Å²) in [5, 5.41) is 23.3. The van der Waals surface area contributed by atoms with Crippen molar-refractivity contribution in [1.82, 2.24) is 6.15 Å². The Morgan fingerprint density at radius 3 is 1.81 bits per heavy atom. The van der Waals surface area contributed by atoms with Gasteiger partial charge in [-0.2, -0.15) is 5.10 Å². The number of nitrogens with one attached hydrogen (secondary N) is 4. The zero-order valence-corrected chi connectivity index (χ0v) is 30.2. The first-order valence-electron chi connectivity index (χ1n) is 14.5. The Bertz CT molecular complexity index is 2360. The Kier molecular flexibility index (Phi) is 11.6. The predicted molar refractivity (Wildman–Crippen MR) is 185 cm³/mol. The number of nitrogens with zero attached hydrogens (tertiary/aromatic N) is 1. The van der Waals surface area contributed by atoms with E-state index in [1.807, 2.05) is 0 Å². The number of benzene rings is 4. The average Bonchev–Trinajstić information content (AvgIpc) is 3.08. The number of nitrogens with two attached hydrogens (primary N) is 1. The van der Waals surface area contributed by atoms with Gasteiger partial charge in [-0.3, -0.25) is 19.8 Å². The first kappa shape index (κ1) is 38.8. The molecule has 0 spiro atoms. The van der Waals surface area contributed by atoms with Gasteiger partial charge in [0.05, 0.1) is 44.8 Å². The van der Waals surface area contributed by atoms with Crippen LogP contribution in [0.15, 0.2) is 113 Å². The molecule has 4 aromatic carbocycles. The molecule has 0 aromatic heterocycles. The molecule has 0 radical (unpaired) electrons. The fraction of sp³-hybridized carbons (Fsp3) is 0. The molecule has 4 aromatic rings. The fourth-order valence-electron chi connectivity index (χ4n) is 5.19. The molecule has 0 saturated heterocycles. The number of ketones is 3. The van der Waals surface area contributed by atoms with Crippen molar-refractivity contribution in [3.05, 3.63) is 125 Å². The van der Waals surface area contributed by atoms with Gasteiger partial charge in [0.2, 0.25) is 0 Å². The normalized spacial score (nSPS) is 13.8. The van der Waals surface area contributed by atoms with Gasteiger partial charge < -0.3 is 42.3 Å². The molecule has 2 aliphatic carbocycles. The third-order valence-electron chi connectivity index (χ3n) is 7.53. The number of anilines is 6. The number of carboxylic acid groups (broad SMARTS) is 1. The molecule has 10 N–H and O–H groups in total. The van der Waals surface area contributed by atoms with E-state index >= 15 is 0 Å². The predicted octanol–water partition coefficient (Wildman–Crippen LogP) is 0.299. The fourth-order valence-corrected chi connectivity index (χ4v) is 5.82. The van der Waals surface area contributed by atoms with E-state index in [9.17, 15) is 42.0 Å². The van der Waals surface area contributed by atoms with Crippen LogP contribution in [0.4, 0.5) is 38.9 Å². The van der Waals surface area contributed by atoms with E-state index in [0.717, 1.165) is 18.2 Å². The van der Waals surface area contributed by atoms with Crippen molar-refractivity contribution < 1.29 is 71.6 Å². The first-order chi connectivity index (χ1) is 23.8. The maximum absolute atomic E-state index is 13.5. The van der Waals surface area contributed by atoms with Crippen LogP contribution in [0.3, 0.4) is 0 Å². The third-order valence-corrected chi connectivity index (χ3v) is 8.41. The summed E-state index contributed by atoms with van der Waals surface area (Å²) in [6.07, 6.45) is 3.49. The molecular weight excluding hydrogens is 705 g/mol. The van der Waals surface area contributed by atoms with E-state index in [1.165, 1.54) is 42.5 Å². The maximum Gasteiger partial charge on any atom is 1.00 e. The number of hydrogen-bond acceptors (Lipinski definition) is 13. The summed E-state index contributed by atoms with van der Waals surface area (Å²) >= 11 is 0. The minimum Gasteiger partial charge on any atom is -0.744 e. The summed E-state index contributed by atoms with van der Waals surface area (Å²) in [6.45, 7) is 0. The monoisotopic (exact) mass is 731 g/mol. The van der Waals surface area contributed by atoms with Crippen LogP contribution in [0, 0.1) is 0 Å². The Morgan fingerprint density at radius 2 is 1.27 bits per heavy atom. The van der Waals surface area contributed by atoms with Crippen LogP contribution in [0.2, 0.25) is 0 Å². The number of carbonyl (C=O) groups is 5. The van der Waals surface area contributed by atoms with Gasteiger partial charge in [0, 0.05) is 33.8 Å². The van der Waals surface area contributed by atoms with Crippen LogP contribution in [0.1, 0.15) is 31.8 Å². The van der Waals surface area contributed by atoms with Crippen molar-refractivity contribution in [2.24, 2.45) is 5.10 Å². The minimum atomic E-state index is -5.14. The van der Waals surface area contributed by atoms with Crippen molar-refractivity contribution in [3.8, 4) is 0 Å². The molecule has 52 heavy (non-hydrogen) atoms. The molecule has 0 bridgehead atoms. The van der Waals surface area contributed by atoms with Crippen molar-refractivity contribution >= 4 is 79.3 Å². The van der Waals surface area contributed by atoms with Crippen LogP contribution >= 0.6 is 0 Å². The average molecular weight is 732 g/mol. The molecule has 0 saturated carbocycles. The van der Waals surface area contributed by atoms with Crippen molar-refractivity contribution in [2.75, 3.05) is 27.1 Å². The SMILES string of the molecule is Nc1c(S(=O)(=O)[O-])cc(Nc2ccc(NC(=O)Nc3ccc(NN=C4C=CC(=O)C(C(=O)[O-])=C4)cc3)cc2)c2c1C(=O)c1ccccc1C2=O.[NH4+].[Na+]. The van der Waals surface area contributed by atoms with Crippen LogP contribution in [0.5, 0.6) is 0 Å². The van der Waals surface area contributed by atoms with Gasteiger partial charge in [-0.05, 0) is 72.8 Å². The molecule has 2 amide bonds. The van der Waals surface area contributed by atoms with Crippen molar-refractivity contribution in [3.63, 3.8) is 0 Å². The van der Waals surface area contributed by atoms with Gasteiger partial charge in [-0.25, -0.2) is 13.2 Å². The van der Waals surface area contributed by atoms with Crippen LogP contribution in [-0.2, 0) is 19.7 Å². The molecule has 0 unspecified atom stereocenters. The molecule has 18 heteroatoms. The third kappa shape index (κ3) is 8.00. The summed E-state index contributed by atoms with van der Waals surface area (Å²) in [6, 6.07) is 18.7. The van der Waals surface area contributed by atoms with Gasteiger partial charge in [0.25, 0.3) is 0 Å². The molecule has 0 heterocycles. The van der Waals surface area contributed by atoms with Crippen LogP contribution in [0.25, 0.3) is 0 Å². The van der Waals surface area contributed by atoms with Crippen molar-refractivity contribution in [2.45, 2.75) is 4.90 Å². The van der Waals surface area contributed by atoms with Gasteiger partial charge in [0.1, 0.15) is 10.1 Å². The smallest absolute Gasteiger partial charge is 0.744 e. The van der Waals surface area contributed by atoms with Crippen LogP contribution < -0.4 is 67.9 Å². The van der Waals surface area contributed by atoms with E-state index in [2.05, 4.69) is 26.5 Å². The number of quaternary nitrogens is 1. The Hall–Kier alpha value is -5.95. The van der Waals surface area contributed by atoms with E-state index in [4.69, 9.17) is 5.73 Å². The second-order valence-corrected chi connectivity index (χ2v) is 12.1. The number of hydrogen-bond donors (Lipinski definition) is 6. The largest absolute Gasteiger partial charge is 1.00 e. The van der Waals surface area contributed by atoms with Crippen molar-refractivity contribution in [1.29, 1.82) is 0 Å². The molecule has 6 rings (SSSR count). The number of carbonyl (C=O) groups excluding carboxylic acids is 5. The number of aliphatic carboxylic acids is 1. The number of fused-ring (bicyclic) bond motifs is 2. The Morgan fingerprint density at radius 1 is 0.750 bits per heavy atom. The Balaban J connectivity index is 0.00000302. The molecule has 2 aliphatic rings. The van der Waals surface area contributed by atoms with Crippen LogP contribution in [-0.4, -0.2) is 48.0 Å². The standard InChI is InChI=1S/C34H24N6O9S.H3N.Na/c35-30-27(50(47,48)49)16-25(28-29(30)32(43)23-4-2-1-3-22(23)31(28)42)36-17-5-7-18(8-6-17)37-34(46)38-19-9-11-20(12-10-19)39-40-21-13-14-26(41)24(15-21)33(44)45;;/h1-16,36,39H,35H2,(H,44,45)(H2,37,38,46)(H,47,48,49);1H3;/q;;+1/p-1. The quantitative estimate of drug-likeness (QED) is 0.0314. The topological polar surface area (TPSA) is 289 Å². The molecule has 258 valence electrons.